The molecular formula is C10H9Cl2N3. The lowest BCUT2D eigenvalue weighted by atomic mass is 10.1. The molecule has 2 aromatic rings. The highest BCUT2D eigenvalue weighted by Crippen LogP contribution is 2.30. The SMILES string of the molecule is Cc1c(N)n[nH]c1-c1ccc(Cl)c(Cl)c1. The zero-order valence-electron chi connectivity index (χ0n) is 8.01. The number of rotatable bonds is 1. The van der Waals surface area contributed by atoms with E-state index in [1.165, 1.54) is 0 Å². The first-order valence-electron chi connectivity index (χ1n) is 4.35. The summed E-state index contributed by atoms with van der Waals surface area (Å²) in [4.78, 5) is 0. The van der Waals surface area contributed by atoms with E-state index in [1.54, 1.807) is 12.1 Å². The molecular weight excluding hydrogens is 233 g/mol. The van der Waals surface area contributed by atoms with E-state index in [0.717, 1.165) is 16.8 Å². The highest BCUT2D eigenvalue weighted by Gasteiger charge is 2.09. The Bertz CT molecular complexity index is 505. The molecule has 78 valence electrons. The van der Waals surface area contributed by atoms with E-state index in [9.17, 15) is 0 Å². The van der Waals surface area contributed by atoms with Gasteiger partial charge in [-0.2, -0.15) is 5.10 Å². The second-order valence-corrected chi connectivity index (χ2v) is 4.05. The van der Waals surface area contributed by atoms with Crippen molar-refractivity contribution in [2.24, 2.45) is 0 Å². The zero-order valence-corrected chi connectivity index (χ0v) is 9.52. The van der Waals surface area contributed by atoms with Gasteiger partial charge in [-0.25, -0.2) is 0 Å². The van der Waals surface area contributed by atoms with E-state index in [1.807, 2.05) is 13.0 Å². The van der Waals surface area contributed by atoms with E-state index < -0.39 is 0 Å². The molecule has 0 bridgehead atoms. The Kier molecular flexibility index (Phi) is 2.59. The van der Waals surface area contributed by atoms with Gasteiger partial charge in [0.25, 0.3) is 0 Å². The summed E-state index contributed by atoms with van der Waals surface area (Å²) in [6.45, 7) is 1.90. The number of benzene rings is 1. The van der Waals surface area contributed by atoms with Gasteiger partial charge in [0.1, 0.15) is 5.82 Å². The van der Waals surface area contributed by atoms with E-state index in [0.29, 0.717) is 15.9 Å². The Hall–Kier alpha value is -1.19. The molecule has 1 heterocycles. The van der Waals surface area contributed by atoms with Gasteiger partial charge in [0.15, 0.2) is 0 Å². The predicted octanol–water partition coefficient (Wildman–Crippen LogP) is 3.27. The van der Waals surface area contributed by atoms with Crippen molar-refractivity contribution in [3.8, 4) is 11.3 Å². The predicted molar refractivity (Wildman–Crippen MR) is 63.2 cm³/mol. The van der Waals surface area contributed by atoms with Crippen LogP contribution in [0.5, 0.6) is 0 Å². The fraction of sp³-hybridized carbons (Fsp3) is 0.100. The molecule has 1 aromatic carbocycles. The largest absolute Gasteiger partial charge is 0.382 e. The van der Waals surface area contributed by atoms with E-state index in [4.69, 9.17) is 28.9 Å². The van der Waals surface area contributed by atoms with Crippen LogP contribution in [0.4, 0.5) is 5.82 Å². The fourth-order valence-corrected chi connectivity index (χ4v) is 1.64. The van der Waals surface area contributed by atoms with Crippen LogP contribution in [0, 0.1) is 6.92 Å². The van der Waals surface area contributed by atoms with Crippen LogP contribution in [0.1, 0.15) is 5.56 Å². The molecule has 5 heteroatoms. The summed E-state index contributed by atoms with van der Waals surface area (Å²) in [5.41, 5.74) is 8.34. The van der Waals surface area contributed by atoms with Gasteiger partial charge in [0.2, 0.25) is 0 Å². The van der Waals surface area contributed by atoms with E-state index in [-0.39, 0.29) is 0 Å². The molecule has 2 rings (SSSR count). The van der Waals surface area contributed by atoms with Gasteiger partial charge in [-0.1, -0.05) is 29.3 Å². The van der Waals surface area contributed by atoms with E-state index >= 15 is 0 Å². The Morgan fingerprint density at radius 1 is 1.27 bits per heavy atom. The lowest BCUT2D eigenvalue weighted by molar-refractivity contribution is 1.10. The molecule has 15 heavy (non-hydrogen) atoms. The first-order valence-corrected chi connectivity index (χ1v) is 5.11. The molecule has 3 N–H and O–H groups in total. The number of nitrogens with one attached hydrogen (secondary N) is 1. The molecule has 0 spiro atoms. The van der Waals surface area contributed by atoms with Crippen LogP contribution in [-0.4, -0.2) is 10.2 Å². The van der Waals surface area contributed by atoms with Crippen molar-refractivity contribution in [1.29, 1.82) is 0 Å². The third-order valence-corrected chi connectivity index (χ3v) is 2.99. The van der Waals surface area contributed by atoms with Gasteiger partial charge >= 0.3 is 0 Å². The standard InChI is InChI=1S/C10H9Cl2N3/c1-5-9(14-15-10(5)13)6-2-3-7(11)8(12)4-6/h2-4H,1H3,(H3,13,14,15). The summed E-state index contributed by atoms with van der Waals surface area (Å²) in [5, 5.41) is 7.83. The minimum atomic E-state index is 0.496. The molecule has 0 aliphatic rings. The van der Waals surface area contributed by atoms with Crippen molar-refractivity contribution in [3.05, 3.63) is 33.8 Å². The molecule has 0 amide bonds. The topological polar surface area (TPSA) is 54.7 Å². The summed E-state index contributed by atoms with van der Waals surface area (Å²) in [7, 11) is 0. The number of nitrogen functional groups attached to an aromatic ring is 1. The van der Waals surface area contributed by atoms with Crippen LogP contribution >= 0.6 is 23.2 Å². The number of aromatic amines is 1. The smallest absolute Gasteiger partial charge is 0.148 e. The summed E-state index contributed by atoms with van der Waals surface area (Å²) in [5.74, 6) is 0.496. The third kappa shape index (κ3) is 1.80. The third-order valence-electron chi connectivity index (χ3n) is 2.26. The number of halogens is 2. The van der Waals surface area contributed by atoms with Gasteiger partial charge in [-0.3, -0.25) is 5.10 Å². The maximum atomic E-state index is 5.93. The molecule has 3 nitrogen and oxygen atoms in total. The summed E-state index contributed by atoms with van der Waals surface area (Å²) >= 11 is 11.8. The maximum Gasteiger partial charge on any atom is 0.148 e. The van der Waals surface area contributed by atoms with Crippen molar-refractivity contribution in [3.63, 3.8) is 0 Å². The lowest BCUT2D eigenvalue weighted by Gasteiger charge is -2.01. The van der Waals surface area contributed by atoms with Crippen LogP contribution < -0.4 is 5.73 Å². The van der Waals surface area contributed by atoms with Crippen LogP contribution in [-0.2, 0) is 0 Å². The van der Waals surface area contributed by atoms with Crippen LogP contribution in [0.25, 0.3) is 11.3 Å². The average Bonchev–Trinajstić information content (AvgIpc) is 2.53. The molecule has 0 saturated heterocycles. The minimum Gasteiger partial charge on any atom is -0.382 e. The minimum absolute atomic E-state index is 0.496. The summed E-state index contributed by atoms with van der Waals surface area (Å²) in [6, 6.07) is 5.40. The number of aromatic nitrogens is 2. The van der Waals surface area contributed by atoms with Crippen LogP contribution in [0.3, 0.4) is 0 Å². The van der Waals surface area contributed by atoms with E-state index in [2.05, 4.69) is 10.2 Å². The van der Waals surface area contributed by atoms with Gasteiger partial charge in [-0.15, -0.1) is 0 Å². The van der Waals surface area contributed by atoms with Gasteiger partial charge in [-0.05, 0) is 19.1 Å². The van der Waals surface area contributed by atoms with Crippen molar-refractivity contribution in [2.75, 3.05) is 5.73 Å². The maximum absolute atomic E-state index is 5.93. The van der Waals surface area contributed by atoms with Crippen LogP contribution in [0.2, 0.25) is 10.0 Å². The zero-order chi connectivity index (χ0) is 11.0. The highest BCUT2D eigenvalue weighted by molar-refractivity contribution is 6.42. The molecule has 0 unspecified atom stereocenters. The second-order valence-electron chi connectivity index (χ2n) is 3.24. The number of anilines is 1. The molecule has 0 radical (unpaired) electrons. The second kappa shape index (κ2) is 3.76. The van der Waals surface area contributed by atoms with Crippen molar-refractivity contribution < 1.29 is 0 Å². The quantitative estimate of drug-likeness (QED) is 0.806. The molecule has 0 aliphatic heterocycles. The first kappa shape index (κ1) is 10.3. The Morgan fingerprint density at radius 3 is 2.53 bits per heavy atom. The van der Waals surface area contributed by atoms with Gasteiger partial charge in [0.05, 0.1) is 15.7 Å². The lowest BCUT2D eigenvalue weighted by Crippen LogP contribution is -1.86. The van der Waals surface area contributed by atoms with Gasteiger partial charge < -0.3 is 5.73 Å². The average molecular weight is 242 g/mol. The molecule has 1 aromatic heterocycles. The normalized spacial score (nSPS) is 10.6. The van der Waals surface area contributed by atoms with Crippen molar-refractivity contribution >= 4 is 29.0 Å². The number of nitrogens with zero attached hydrogens (tertiary/aromatic N) is 1. The Balaban J connectivity index is 2.55. The Labute approximate surface area is 97.2 Å². The fourth-order valence-electron chi connectivity index (χ4n) is 1.34. The number of nitrogens with two attached hydrogens (primary N) is 1. The van der Waals surface area contributed by atoms with Gasteiger partial charge in [0, 0.05) is 11.1 Å². The van der Waals surface area contributed by atoms with Crippen molar-refractivity contribution in [2.45, 2.75) is 6.92 Å². The van der Waals surface area contributed by atoms with Crippen LogP contribution in [0.15, 0.2) is 18.2 Å². The number of H-pyrrole nitrogens is 1. The summed E-state index contributed by atoms with van der Waals surface area (Å²) < 4.78 is 0. The Morgan fingerprint density at radius 2 is 2.00 bits per heavy atom. The molecule has 0 atom stereocenters. The highest BCUT2D eigenvalue weighted by atomic mass is 35.5. The molecule has 0 fully saturated rings. The number of hydrogen-bond donors (Lipinski definition) is 2. The van der Waals surface area contributed by atoms with Crippen molar-refractivity contribution in [1.82, 2.24) is 10.2 Å². The monoisotopic (exact) mass is 241 g/mol. The molecule has 0 aliphatic carbocycles. The first-order chi connectivity index (χ1) is 7.09. The molecule has 0 saturated carbocycles. The number of hydrogen-bond acceptors (Lipinski definition) is 2. The summed E-state index contributed by atoms with van der Waals surface area (Å²) in [6.07, 6.45) is 0.